The number of furan rings is 1. The molecule has 0 unspecified atom stereocenters. The van der Waals surface area contributed by atoms with Gasteiger partial charge in [-0.2, -0.15) is 0 Å². The van der Waals surface area contributed by atoms with Crippen molar-refractivity contribution in [3.05, 3.63) is 46.1 Å². The Bertz CT molecular complexity index is 571. The molecule has 114 valence electrons. The Hall–Kier alpha value is -0.670. The highest BCUT2D eigenvalue weighted by molar-refractivity contribution is 6.35. The van der Waals surface area contributed by atoms with Gasteiger partial charge in [0.25, 0.3) is 0 Å². The zero-order valence-electron chi connectivity index (χ0n) is 11.6. The van der Waals surface area contributed by atoms with E-state index < -0.39 is 0 Å². The molecule has 1 aromatic carbocycles. The van der Waals surface area contributed by atoms with Crippen LogP contribution >= 0.6 is 35.6 Å². The molecule has 1 fully saturated rings. The van der Waals surface area contributed by atoms with Gasteiger partial charge >= 0.3 is 0 Å². The molecule has 0 atom stereocenters. The molecule has 0 bridgehead atoms. The fourth-order valence-corrected chi connectivity index (χ4v) is 3.23. The van der Waals surface area contributed by atoms with Gasteiger partial charge in [0.05, 0.1) is 6.54 Å². The summed E-state index contributed by atoms with van der Waals surface area (Å²) in [5.41, 5.74) is 0.912. The summed E-state index contributed by atoms with van der Waals surface area (Å²) in [4.78, 5) is 0. The van der Waals surface area contributed by atoms with Crippen molar-refractivity contribution < 1.29 is 4.42 Å². The van der Waals surface area contributed by atoms with E-state index in [1.54, 1.807) is 6.07 Å². The number of hydrogen-bond acceptors (Lipinski definition) is 2. The van der Waals surface area contributed by atoms with Gasteiger partial charge in [-0.05, 0) is 43.2 Å². The molecule has 0 aliphatic heterocycles. The van der Waals surface area contributed by atoms with Crippen LogP contribution in [-0.2, 0) is 6.54 Å². The Morgan fingerprint density at radius 1 is 1.05 bits per heavy atom. The predicted molar refractivity (Wildman–Crippen MR) is 90.5 cm³/mol. The van der Waals surface area contributed by atoms with Crippen LogP contribution in [0.2, 0.25) is 10.0 Å². The summed E-state index contributed by atoms with van der Waals surface area (Å²) < 4.78 is 5.86. The van der Waals surface area contributed by atoms with Crippen LogP contribution in [0.3, 0.4) is 0 Å². The largest absolute Gasteiger partial charge is 0.460 e. The maximum Gasteiger partial charge on any atom is 0.134 e. The molecule has 0 saturated heterocycles. The Morgan fingerprint density at radius 3 is 2.38 bits per heavy atom. The molecule has 1 saturated carbocycles. The summed E-state index contributed by atoms with van der Waals surface area (Å²) in [6.07, 6.45) is 5.22. The molecule has 2 aromatic rings. The summed E-state index contributed by atoms with van der Waals surface area (Å²) in [5, 5.41) is 4.78. The highest BCUT2D eigenvalue weighted by Crippen LogP contribution is 2.28. The second-order valence-corrected chi connectivity index (χ2v) is 6.16. The van der Waals surface area contributed by atoms with Crippen molar-refractivity contribution in [1.29, 1.82) is 0 Å². The van der Waals surface area contributed by atoms with Crippen molar-refractivity contribution >= 4 is 35.6 Å². The molecule has 0 amide bonds. The third kappa shape index (κ3) is 4.40. The maximum atomic E-state index is 6.02. The quantitative estimate of drug-likeness (QED) is 0.767. The highest BCUT2D eigenvalue weighted by Gasteiger charge is 2.15. The molecule has 3 rings (SSSR count). The molecule has 1 aliphatic rings. The van der Waals surface area contributed by atoms with E-state index in [1.807, 2.05) is 24.3 Å². The van der Waals surface area contributed by atoms with Gasteiger partial charge < -0.3 is 9.73 Å². The second kappa shape index (κ2) is 7.55. The van der Waals surface area contributed by atoms with Crippen LogP contribution < -0.4 is 5.32 Å². The lowest BCUT2D eigenvalue weighted by molar-refractivity contribution is 0.452. The minimum absolute atomic E-state index is 0. The Balaban J connectivity index is 0.00000161. The van der Waals surface area contributed by atoms with E-state index in [0.29, 0.717) is 16.1 Å². The first-order chi connectivity index (χ1) is 9.70. The van der Waals surface area contributed by atoms with Crippen molar-refractivity contribution in [1.82, 2.24) is 5.32 Å². The third-order valence-corrected chi connectivity index (χ3v) is 4.17. The lowest BCUT2D eigenvalue weighted by Gasteiger charge is -2.09. The average molecular weight is 347 g/mol. The molecule has 0 spiro atoms. The first-order valence-electron chi connectivity index (χ1n) is 6.99. The van der Waals surface area contributed by atoms with Crippen LogP contribution in [-0.4, -0.2) is 6.04 Å². The van der Waals surface area contributed by atoms with Crippen LogP contribution in [0.1, 0.15) is 31.4 Å². The van der Waals surface area contributed by atoms with Crippen LogP contribution in [0.25, 0.3) is 11.3 Å². The summed E-state index contributed by atoms with van der Waals surface area (Å²) in [6.45, 7) is 0.777. The van der Waals surface area contributed by atoms with E-state index in [9.17, 15) is 0 Å². The van der Waals surface area contributed by atoms with Gasteiger partial charge in [-0.3, -0.25) is 0 Å². The molecule has 1 heterocycles. The van der Waals surface area contributed by atoms with Crippen molar-refractivity contribution in [3.63, 3.8) is 0 Å². The lowest BCUT2D eigenvalue weighted by Crippen LogP contribution is -2.24. The van der Waals surface area contributed by atoms with E-state index in [0.717, 1.165) is 23.6 Å². The third-order valence-electron chi connectivity index (χ3n) is 3.73. The Labute approximate surface area is 141 Å². The minimum Gasteiger partial charge on any atom is -0.460 e. The molecule has 2 nitrogen and oxygen atoms in total. The minimum atomic E-state index is 0. The fraction of sp³-hybridized carbons (Fsp3) is 0.375. The van der Waals surface area contributed by atoms with E-state index >= 15 is 0 Å². The zero-order valence-corrected chi connectivity index (χ0v) is 13.9. The predicted octanol–water partition coefficient (Wildman–Crippen LogP) is 5.71. The second-order valence-electron chi connectivity index (χ2n) is 5.29. The molecular formula is C16H18Cl3NO. The van der Waals surface area contributed by atoms with Gasteiger partial charge in [0, 0.05) is 21.7 Å². The Morgan fingerprint density at radius 2 is 1.71 bits per heavy atom. The summed E-state index contributed by atoms with van der Waals surface area (Å²) in [5.74, 6) is 1.75. The van der Waals surface area contributed by atoms with Gasteiger partial charge in [-0.15, -0.1) is 12.4 Å². The SMILES string of the molecule is Cl.Clc1cc(Cl)cc(-c2ccc(CNC3CCCC3)o2)c1. The number of rotatable bonds is 4. The van der Waals surface area contributed by atoms with Gasteiger partial charge in [0.1, 0.15) is 11.5 Å². The molecule has 1 aromatic heterocycles. The number of benzene rings is 1. The van der Waals surface area contributed by atoms with Crippen LogP contribution in [0.15, 0.2) is 34.7 Å². The standard InChI is InChI=1S/C16H17Cl2NO.ClH/c17-12-7-11(8-13(18)9-12)16-6-5-15(20-16)10-19-14-3-1-2-4-14;/h5-9,14,19H,1-4,10H2;1H. The van der Waals surface area contributed by atoms with Crippen molar-refractivity contribution in [2.75, 3.05) is 0 Å². The van der Waals surface area contributed by atoms with Crippen molar-refractivity contribution in [2.45, 2.75) is 38.3 Å². The van der Waals surface area contributed by atoms with Crippen molar-refractivity contribution in [2.24, 2.45) is 0 Å². The topological polar surface area (TPSA) is 25.2 Å². The fourth-order valence-electron chi connectivity index (χ4n) is 2.70. The van der Waals surface area contributed by atoms with E-state index in [2.05, 4.69) is 5.32 Å². The van der Waals surface area contributed by atoms with Gasteiger partial charge in [0.2, 0.25) is 0 Å². The molecule has 1 N–H and O–H groups in total. The molecule has 1 aliphatic carbocycles. The lowest BCUT2D eigenvalue weighted by atomic mass is 10.2. The molecule has 5 heteroatoms. The van der Waals surface area contributed by atoms with Crippen molar-refractivity contribution in [3.8, 4) is 11.3 Å². The molecular weight excluding hydrogens is 329 g/mol. The summed E-state index contributed by atoms with van der Waals surface area (Å²) >= 11 is 12.0. The monoisotopic (exact) mass is 345 g/mol. The van der Waals surface area contributed by atoms with Gasteiger partial charge in [0.15, 0.2) is 0 Å². The molecule has 0 radical (unpaired) electrons. The van der Waals surface area contributed by atoms with Gasteiger partial charge in [-0.25, -0.2) is 0 Å². The normalized spacial score (nSPS) is 15.1. The highest BCUT2D eigenvalue weighted by atomic mass is 35.5. The molecule has 21 heavy (non-hydrogen) atoms. The number of hydrogen-bond donors (Lipinski definition) is 1. The van der Waals surface area contributed by atoms with Gasteiger partial charge in [-0.1, -0.05) is 36.0 Å². The van der Waals surface area contributed by atoms with Crippen LogP contribution in [0.5, 0.6) is 0 Å². The van der Waals surface area contributed by atoms with E-state index in [-0.39, 0.29) is 12.4 Å². The summed E-state index contributed by atoms with van der Waals surface area (Å²) in [6, 6.07) is 10.1. The first-order valence-corrected chi connectivity index (χ1v) is 7.75. The number of nitrogens with one attached hydrogen (secondary N) is 1. The maximum absolute atomic E-state index is 6.02. The number of halogens is 3. The first kappa shape index (κ1) is 16.7. The van der Waals surface area contributed by atoms with Crippen LogP contribution in [0, 0.1) is 0 Å². The zero-order chi connectivity index (χ0) is 13.9. The summed E-state index contributed by atoms with van der Waals surface area (Å²) in [7, 11) is 0. The smallest absolute Gasteiger partial charge is 0.134 e. The van der Waals surface area contributed by atoms with E-state index in [4.69, 9.17) is 27.6 Å². The Kier molecular flexibility index (Phi) is 6.00. The van der Waals surface area contributed by atoms with Crippen LogP contribution in [0.4, 0.5) is 0 Å². The average Bonchev–Trinajstić information content (AvgIpc) is 3.07. The van der Waals surface area contributed by atoms with E-state index in [1.165, 1.54) is 25.7 Å².